The first-order chi connectivity index (χ1) is 5.46. The quantitative estimate of drug-likeness (QED) is 0.395. The summed E-state index contributed by atoms with van der Waals surface area (Å²) >= 11 is 8.48. The molecule has 13 heavy (non-hydrogen) atoms. The predicted octanol–water partition coefficient (Wildman–Crippen LogP) is 3.84. The van der Waals surface area contributed by atoms with Crippen LogP contribution in [0.4, 0.5) is 26.3 Å². The van der Waals surface area contributed by atoms with Gasteiger partial charge >= 0.3 is 11.6 Å². The molecule has 0 rings (SSSR count). The normalized spacial score (nSPS) is 19.1. The molecular formula is C5H2Cl2F6. The Kier molecular flexibility index (Phi) is 3.54. The van der Waals surface area contributed by atoms with Crippen molar-refractivity contribution in [1.29, 1.82) is 0 Å². The lowest BCUT2D eigenvalue weighted by Crippen LogP contribution is -2.32. The van der Waals surface area contributed by atoms with Gasteiger partial charge in [-0.3, -0.25) is 0 Å². The van der Waals surface area contributed by atoms with Gasteiger partial charge in [-0.15, -0.1) is 0 Å². The van der Waals surface area contributed by atoms with Gasteiger partial charge in [-0.05, 0) is 17.7 Å². The second kappa shape index (κ2) is 3.57. The van der Waals surface area contributed by atoms with Crippen LogP contribution in [0, 0.1) is 0 Å². The SMILES string of the molecule is FC(F)(F)/C=C/C(F)(Cl)C(F)(F)Cl. The molecule has 0 aliphatic carbocycles. The number of allylic oxidation sites excluding steroid dienone is 2. The molecule has 0 aromatic carbocycles. The van der Waals surface area contributed by atoms with Crippen LogP contribution in [-0.2, 0) is 0 Å². The molecule has 1 atom stereocenters. The lowest BCUT2D eigenvalue weighted by atomic mass is 10.3. The van der Waals surface area contributed by atoms with Crippen molar-refractivity contribution >= 4 is 23.2 Å². The van der Waals surface area contributed by atoms with Crippen molar-refractivity contribution in [3.63, 3.8) is 0 Å². The van der Waals surface area contributed by atoms with Crippen molar-refractivity contribution in [2.24, 2.45) is 0 Å². The highest BCUT2D eigenvalue weighted by Gasteiger charge is 2.51. The van der Waals surface area contributed by atoms with Gasteiger partial charge in [0.1, 0.15) is 0 Å². The minimum absolute atomic E-state index is 0.554. The van der Waals surface area contributed by atoms with Crippen molar-refractivity contribution in [3.8, 4) is 0 Å². The van der Waals surface area contributed by atoms with Gasteiger partial charge in [0, 0.05) is 6.08 Å². The van der Waals surface area contributed by atoms with Crippen molar-refractivity contribution in [2.45, 2.75) is 16.7 Å². The van der Waals surface area contributed by atoms with Gasteiger partial charge in [0.15, 0.2) is 0 Å². The Labute approximate surface area is 79.1 Å². The summed E-state index contributed by atoms with van der Waals surface area (Å²) in [5, 5.41) is -8.65. The van der Waals surface area contributed by atoms with Crippen molar-refractivity contribution in [2.75, 3.05) is 0 Å². The fourth-order valence-corrected chi connectivity index (χ4v) is 0.420. The molecule has 8 heteroatoms. The minimum Gasteiger partial charge on any atom is -0.213 e. The number of hydrogen-bond donors (Lipinski definition) is 0. The first-order valence-electron chi connectivity index (χ1n) is 2.67. The maximum atomic E-state index is 12.4. The molecular weight excluding hydrogens is 245 g/mol. The maximum absolute atomic E-state index is 12.4. The second-order valence-electron chi connectivity index (χ2n) is 2.00. The first-order valence-corrected chi connectivity index (χ1v) is 3.43. The Hall–Kier alpha value is -0.100. The highest BCUT2D eigenvalue weighted by molar-refractivity contribution is 6.33. The second-order valence-corrected chi connectivity index (χ2v) is 3.02. The van der Waals surface area contributed by atoms with E-state index in [9.17, 15) is 26.3 Å². The Morgan fingerprint density at radius 2 is 1.15 bits per heavy atom. The Morgan fingerprint density at radius 3 is 1.38 bits per heavy atom. The van der Waals surface area contributed by atoms with Gasteiger partial charge in [-0.25, -0.2) is 4.39 Å². The lowest BCUT2D eigenvalue weighted by molar-refractivity contribution is -0.0815. The molecule has 0 saturated heterocycles. The molecule has 0 bridgehead atoms. The Morgan fingerprint density at radius 1 is 0.769 bits per heavy atom. The third-order valence-corrected chi connectivity index (χ3v) is 1.59. The molecule has 0 spiro atoms. The molecule has 0 aromatic rings. The zero-order valence-electron chi connectivity index (χ0n) is 5.68. The first kappa shape index (κ1) is 12.9. The Bertz CT molecular complexity index is 200. The van der Waals surface area contributed by atoms with Crippen molar-refractivity contribution in [1.82, 2.24) is 0 Å². The largest absolute Gasteiger partial charge is 0.409 e. The van der Waals surface area contributed by atoms with Gasteiger partial charge in [0.2, 0.25) is 0 Å². The Balaban J connectivity index is 4.62. The summed E-state index contributed by atoms with van der Waals surface area (Å²) in [5.41, 5.74) is 0. The third kappa shape index (κ3) is 4.61. The number of rotatable bonds is 2. The summed E-state index contributed by atoms with van der Waals surface area (Å²) < 4.78 is 70.4. The molecule has 0 amide bonds. The van der Waals surface area contributed by atoms with Crippen LogP contribution in [0.2, 0.25) is 0 Å². The molecule has 0 aromatic heterocycles. The highest BCUT2D eigenvalue weighted by atomic mass is 35.5. The number of halogens is 8. The third-order valence-electron chi connectivity index (χ3n) is 0.860. The summed E-state index contributed by atoms with van der Waals surface area (Å²) in [5.74, 6) is 0. The summed E-state index contributed by atoms with van der Waals surface area (Å²) in [6.45, 7) is 0. The molecule has 0 radical (unpaired) electrons. The van der Waals surface area contributed by atoms with Crippen LogP contribution >= 0.6 is 23.2 Å². The average Bonchev–Trinajstić information content (AvgIpc) is 1.79. The van der Waals surface area contributed by atoms with E-state index >= 15 is 0 Å². The summed E-state index contributed by atoms with van der Waals surface area (Å²) in [6.07, 6.45) is -6.23. The van der Waals surface area contributed by atoms with Gasteiger partial charge in [0.05, 0.1) is 0 Å². The van der Waals surface area contributed by atoms with E-state index < -0.39 is 28.8 Å². The fraction of sp³-hybridized carbons (Fsp3) is 0.600. The van der Waals surface area contributed by atoms with Gasteiger partial charge in [0.25, 0.3) is 5.13 Å². The van der Waals surface area contributed by atoms with Gasteiger partial charge in [-0.1, -0.05) is 11.6 Å². The smallest absolute Gasteiger partial charge is 0.213 e. The average molecular weight is 247 g/mol. The molecule has 0 heterocycles. The highest BCUT2D eigenvalue weighted by Crippen LogP contribution is 2.41. The van der Waals surface area contributed by atoms with Crippen LogP contribution < -0.4 is 0 Å². The van der Waals surface area contributed by atoms with Crippen LogP contribution in [0.15, 0.2) is 12.2 Å². The zero-order valence-corrected chi connectivity index (χ0v) is 7.19. The van der Waals surface area contributed by atoms with Crippen LogP contribution in [0.25, 0.3) is 0 Å². The molecule has 0 nitrogen and oxygen atoms in total. The molecule has 1 unspecified atom stereocenters. The number of alkyl halides is 8. The molecule has 0 saturated carbocycles. The van der Waals surface area contributed by atoms with Gasteiger partial charge in [-0.2, -0.15) is 22.0 Å². The van der Waals surface area contributed by atoms with Crippen LogP contribution in [0.3, 0.4) is 0 Å². The van der Waals surface area contributed by atoms with E-state index in [4.69, 9.17) is 0 Å². The fourth-order valence-electron chi connectivity index (χ4n) is 0.294. The van der Waals surface area contributed by atoms with E-state index in [1.807, 2.05) is 0 Å². The van der Waals surface area contributed by atoms with Gasteiger partial charge < -0.3 is 0 Å². The van der Waals surface area contributed by atoms with Crippen molar-refractivity contribution in [3.05, 3.63) is 12.2 Å². The standard InChI is InChI=1S/C5H2Cl2F6/c6-3(8,5(7,12)13)1-2-4(9,10)11/h1-2H/b2-1+. The van der Waals surface area contributed by atoms with Crippen LogP contribution in [-0.4, -0.2) is 16.7 Å². The zero-order chi connectivity index (χ0) is 10.9. The van der Waals surface area contributed by atoms with E-state index in [2.05, 4.69) is 23.2 Å². The maximum Gasteiger partial charge on any atom is 0.409 e. The van der Waals surface area contributed by atoms with Crippen molar-refractivity contribution < 1.29 is 26.3 Å². The van der Waals surface area contributed by atoms with E-state index in [0.29, 0.717) is 0 Å². The summed E-state index contributed by atoms with van der Waals surface area (Å²) in [4.78, 5) is 0. The lowest BCUT2D eigenvalue weighted by Gasteiger charge is -2.18. The minimum atomic E-state index is -4.92. The van der Waals surface area contributed by atoms with Crippen LogP contribution in [0.1, 0.15) is 0 Å². The van der Waals surface area contributed by atoms with E-state index in [1.165, 1.54) is 0 Å². The van der Waals surface area contributed by atoms with E-state index in [1.54, 1.807) is 0 Å². The summed E-state index contributed by atoms with van der Waals surface area (Å²) in [7, 11) is 0. The molecule has 0 aliphatic rings. The summed E-state index contributed by atoms with van der Waals surface area (Å²) in [6, 6.07) is 0. The molecule has 0 aliphatic heterocycles. The van der Waals surface area contributed by atoms with E-state index in [-0.39, 0.29) is 0 Å². The molecule has 0 fully saturated rings. The number of hydrogen-bond acceptors (Lipinski definition) is 0. The molecule has 0 N–H and O–H groups in total. The topological polar surface area (TPSA) is 0 Å². The monoisotopic (exact) mass is 246 g/mol. The van der Waals surface area contributed by atoms with Crippen LogP contribution in [0.5, 0.6) is 0 Å². The predicted molar refractivity (Wildman–Crippen MR) is 35.7 cm³/mol. The van der Waals surface area contributed by atoms with E-state index in [0.717, 1.165) is 0 Å². The molecule has 78 valence electrons.